The number of methoxy groups -OCH3 is 1. The van der Waals surface area contributed by atoms with E-state index in [4.69, 9.17) is 4.74 Å². The van der Waals surface area contributed by atoms with Crippen LogP contribution in [0.25, 0.3) is 15.5 Å². The Morgan fingerprint density at radius 3 is 2.50 bits per heavy atom. The lowest BCUT2D eigenvalue weighted by Gasteiger charge is -2.01. The molecule has 2 heterocycles. The molecule has 0 amide bonds. The predicted molar refractivity (Wildman–Crippen MR) is 97.6 cm³/mol. The van der Waals surface area contributed by atoms with Crippen LogP contribution in [0.2, 0.25) is 0 Å². The Labute approximate surface area is 151 Å². The van der Waals surface area contributed by atoms with Gasteiger partial charge in [0, 0.05) is 16.5 Å². The normalized spacial score (nSPS) is 11.1. The van der Waals surface area contributed by atoms with E-state index in [2.05, 4.69) is 31.2 Å². The monoisotopic (exact) mass is 400 g/mol. The first-order chi connectivity index (χ1) is 11.7. The van der Waals surface area contributed by atoms with Gasteiger partial charge in [0.2, 0.25) is 4.96 Å². The fourth-order valence-electron chi connectivity index (χ4n) is 2.40. The third kappa shape index (κ3) is 2.92. The van der Waals surface area contributed by atoms with E-state index in [-0.39, 0.29) is 0 Å². The summed E-state index contributed by atoms with van der Waals surface area (Å²) in [5.41, 5.74) is 2.22. The molecule has 0 saturated heterocycles. The molecule has 24 heavy (non-hydrogen) atoms. The maximum Gasteiger partial charge on any atom is 0.234 e. The Balaban J connectivity index is 1.65. The van der Waals surface area contributed by atoms with Gasteiger partial charge in [-0.3, -0.25) is 0 Å². The summed E-state index contributed by atoms with van der Waals surface area (Å²) in [6.45, 7) is 0. The molecule has 5 nitrogen and oxygen atoms in total. The van der Waals surface area contributed by atoms with E-state index in [9.17, 15) is 0 Å². The van der Waals surface area contributed by atoms with Gasteiger partial charge in [-0.05, 0) is 29.8 Å². The number of halogens is 1. The molecule has 2 aromatic carbocycles. The lowest BCUT2D eigenvalue weighted by molar-refractivity contribution is 0.414. The van der Waals surface area contributed by atoms with Crippen molar-refractivity contribution in [3.63, 3.8) is 0 Å². The molecule has 0 spiro atoms. The fourth-order valence-corrected chi connectivity index (χ4v) is 3.53. The number of rotatable bonds is 4. The molecule has 2 aromatic heterocycles. The number of nitrogens with zero attached hydrogens (tertiary/aromatic N) is 4. The fraction of sp³-hybridized carbons (Fsp3) is 0.118. The van der Waals surface area contributed by atoms with Crippen molar-refractivity contribution in [2.75, 3.05) is 7.11 Å². The van der Waals surface area contributed by atoms with Gasteiger partial charge in [-0.2, -0.15) is 9.61 Å². The van der Waals surface area contributed by atoms with Crippen molar-refractivity contribution in [1.29, 1.82) is 0 Å². The van der Waals surface area contributed by atoms with Crippen LogP contribution in [-0.4, -0.2) is 26.9 Å². The molecular formula is C17H13BrN4OS. The van der Waals surface area contributed by atoms with E-state index < -0.39 is 0 Å². The average molecular weight is 401 g/mol. The molecule has 120 valence electrons. The minimum Gasteiger partial charge on any atom is -0.497 e. The van der Waals surface area contributed by atoms with Crippen molar-refractivity contribution < 1.29 is 4.74 Å². The zero-order chi connectivity index (χ0) is 16.5. The number of benzene rings is 2. The molecule has 0 aliphatic rings. The summed E-state index contributed by atoms with van der Waals surface area (Å²) in [6.07, 6.45) is 0.675. The topological polar surface area (TPSA) is 52.3 Å². The summed E-state index contributed by atoms with van der Waals surface area (Å²) < 4.78 is 8.06. The number of hydrogen-bond acceptors (Lipinski definition) is 5. The Hall–Kier alpha value is -2.25. The summed E-state index contributed by atoms with van der Waals surface area (Å²) in [5.74, 6) is 1.67. The van der Waals surface area contributed by atoms with Crippen LogP contribution >= 0.6 is 27.3 Å². The Morgan fingerprint density at radius 1 is 1.04 bits per heavy atom. The molecule has 0 aliphatic heterocycles. The largest absolute Gasteiger partial charge is 0.497 e. The highest BCUT2D eigenvalue weighted by molar-refractivity contribution is 9.10. The van der Waals surface area contributed by atoms with E-state index in [1.807, 2.05) is 53.0 Å². The second-order valence-corrected chi connectivity index (χ2v) is 7.12. The van der Waals surface area contributed by atoms with Crippen LogP contribution in [0.1, 0.15) is 11.4 Å². The predicted octanol–water partition coefficient (Wildman–Crippen LogP) is 4.21. The quantitative estimate of drug-likeness (QED) is 0.514. The SMILES string of the molecule is COc1ccc(Cc2nnc3sc(-c4ccc(Br)cc4)nn23)cc1. The maximum atomic E-state index is 5.19. The standard InChI is InChI=1S/C17H13BrN4OS/c1-23-14-8-2-11(3-9-14)10-15-19-20-17-22(15)21-16(24-17)12-4-6-13(18)7-5-12/h2-9H,10H2,1H3. The number of hydrogen-bond donors (Lipinski definition) is 0. The van der Waals surface area contributed by atoms with E-state index in [0.29, 0.717) is 6.42 Å². The van der Waals surface area contributed by atoms with Crippen LogP contribution in [0, 0.1) is 0 Å². The molecule has 0 radical (unpaired) electrons. The smallest absolute Gasteiger partial charge is 0.234 e. The zero-order valence-electron chi connectivity index (χ0n) is 12.8. The van der Waals surface area contributed by atoms with Crippen LogP contribution < -0.4 is 4.74 Å². The maximum absolute atomic E-state index is 5.19. The molecule has 0 aliphatic carbocycles. The van der Waals surface area contributed by atoms with Crippen LogP contribution in [0.3, 0.4) is 0 Å². The van der Waals surface area contributed by atoms with Gasteiger partial charge in [0.05, 0.1) is 7.11 Å². The number of ether oxygens (including phenoxy) is 1. The highest BCUT2D eigenvalue weighted by Gasteiger charge is 2.13. The van der Waals surface area contributed by atoms with Gasteiger partial charge < -0.3 is 4.74 Å². The zero-order valence-corrected chi connectivity index (χ0v) is 15.2. The van der Waals surface area contributed by atoms with Gasteiger partial charge in [0.25, 0.3) is 0 Å². The number of fused-ring (bicyclic) bond motifs is 1. The second-order valence-electron chi connectivity index (χ2n) is 5.25. The second kappa shape index (κ2) is 6.33. The van der Waals surface area contributed by atoms with Crippen LogP contribution in [0.5, 0.6) is 5.75 Å². The van der Waals surface area contributed by atoms with Gasteiger partial charge in [-0.15, -0.1) is 10.2 Å². The Morgan fingerprint density at radius 2 is 1.79 bits per heavy atom. The Bertz CT molecular complexity index is 976. The summed E-state index contributed by atoms with van der Waals surface area (Å²) >= 11 is 4.99. The van der Waals surface area contributed by atoms with Crippen molar-refractivity contribution in [1.82, 2.24) is 19.8 Å². The average Bonchev–Trinajstić information content (AvgIpc) is 3.18. The highest BCUT2D eigenvalue weighted by Crippen LogP contribution is 2.27. The molecule has 0 atom stereocenters. The first-order valence-electron chi connectivity index (χ1n) is 7.33. The molecule has 0 saturated carbocycles. The van der Waals surface area contributed by atoms with Crippen molar-refractivity contribution in [2.45, 2.75) is 6.42 Å². The third-order valence-electron chi connectivity index (χ3n) is 3.67. The molecular weight excluding hydrogens is 388 g/mol. The van der Waals surface area contributed by atoms with Crippen LogP contribution in [0.4, 0.5) is 0 Å². The van der Waals surface area contributed by atoms with E-state index >= 15 is 0 Å². The van der Waals surface area contributed by atoms with Crippen molar-refractivity contribution >= 4 is 32.2 Å². The van der Waals surface area contributed by atoms with E-state index in [1.165, 1.54) is 11.3 Å². The van der Waals surface area contributed by atoms with Gasteiger partial charge in [0.1, 0.15) is 10.8 Å². The number of aromatic nitrogens is 4. The van der Waals surface area contributed by atoms with Gasteiger partial charge >= 0.3 is 0 Å². The third-order valence-corrected chi connectivity index (χ3v) is 5.14. The van der Waals surface area contributed by atoms with Gasteiger partial charge in [0.15, 0.2) is 5.82 Å². The highest BCUT2D eigenvalue weighted by atomic mass is 79.9. The van der Waals surface area contributed by atoms with Crippen molar-refractivity contribution in [2.24, 2.45) is 0 Å². The van der Waals surface area contributed by atoms with Crippen LogP contribution in [0.15, 0.2) is 53.0 Å². The van der Waals surface area contributed by atoms with Gasteiger partial charge in [-0.25, -0.2) is 0 Å². The van der Waals surface area contributed by atoms with E-state index in [0.717, 1.165) is 37.1 Å². The summed E-state index contributed by atoms with van der Waals surface area (Å²) in [6, 6.07) is 16.1. The molecule has 7 heteroatoms. The minimum absolute atomic E-state index is 0.675. The molecule has 0 unspecified atom stereocenters. The lowest BCUT2D eigenvalue weighted by atomic mass is 10.1. The summed E-state index contributed by atoms with van der Waals surface area (Å²) in [7, 11) is 1.66. The molecule has 0 bridgehead atoms. The summed E-state index contributed by atoms with van der Waals surface area (Å²) in [4.78, 5) is 0.802. The van der Waals surface area contributed by atoms with Crippen molar-refractivity contribution in [3.05, 3.63) is 64.4 Å². The molecule has 0 fully saturated rings. The van der Waals surface area contributed by atoms with E-state index in [1.54, 1.807) is 7.11 Å². The molecule has 4 aromatic rings. The minimum atomic E-state index is 0.675. The lowest BCUT2D eigenvalue weighted by Crippen LogP contribution is -1.97. The summed E-state index contributed by atoms with van der Waals surface area (Å²) in [5, 5.41) is 14.1. The first kappa shape index (κ1) is 15.3. The first-order valence-corrected chi connectivity index (χ1v) is 8.94. The van der Waals surface area contributed by atoms with Crippen LogP contribution in [-0.2, 0) is 6.42 Å². The molecule has 4 rings (SSSR count). The van der Waals surface area contributed by atoms with Gasteiger partial charge in [-0.1, -0.05) is 51.5 Å². The Kier molecular flexibility index (Phi) is 4.03. The van der Waals surface area contributed by atoms with Crippen molar-refractivity contribution in [3.8, 4) is 16.3 Å². The molecule has 0 N–H and O–H groups in total.